The molecule has 0 radical (unpaired) electrons. The predicted octanol–water partition coefficient (Wildman–Crippen LogP) is 5.26. The van der Waals surface area contributed by atoms with Crippen molar-refractivity contribution in [2.24, 2.45) is 0 Å². The van der Waals surface area contributed by atoms with Gasteiger partial charge in [0.2, 0.25) is 0 Å². The van der Waals surface area contributed by atoms with Crippen LogP contribution in [0.1, 0.15) is 11.1 Å². The normalized spacial score (nSPS) is 12.9. The summed E-state index contributed by atoms with van der Waals surface area (Å²) < 4.78 is 6.01. The van der Waals surface area contributed by atoms with Crippen molar-refractivity contribution in [3.05, 3.63) is 77.9 Å². The third-order valence-corrected chi connectivity index (χ3v) is 5.47. The second-order valence-corrected chi connectivity index (χ2v) is 7.27. The topological polar surface area (TPSA) is 38.5 Å². The molecular formula is C22H22N2OS. The second-order valence-electron chi connectivity index (χ2n) is 6.39. The van der Waals surface area contributed by atoms with Crippen LogP contribution < -0.4 is 15.4 Å². The summed E-state index contributed by atoms with van der Waals surface area (Å²) >= 11 is 1.76. The summed E-state index contributed by atoms with van der Waals surface area (Å²) in [6, 6.07) is 23.0. The molecule has 0 aliphatic carbocycles. The van der Waals surface area contributed by atoms with Gasteiger partial charge in [0.25, 0.3) is 0 Å². The standard InChI is InChI=1S/C22H22N2OS/c1-26-19-9-7-18(8-10-19)24-12-11-17-13-20(23)22(14-21(17)24)25-15-16-5-3-2-4-6-16/h2-10,13-14H,11-12,15,23H2,1H3. The fraction of sp³-hybridized carbons (Fsp3) is 0.182. The third kappa shape index (κ3) is 3.37. The Morgan fingerprint density at radius 3 is 2.54 bits per heavy atom. The molecule has 1 heterocycles. The Kier molecular flexibility index (Phi) is 4.76. The van der Waals surface area contributed by atoms with Gasteiger partial charge in [0.15, 0.2) is 0 Å². The molecule has 1 aliphatic rings. The van der Waals surface area contributed by atoms with Crippen LogP contribution in [-0.2, 0) is 13.0 Å². The van der Waals surface area contributed by atoms with Gasteiger partial charge in [0.05, 0.1) is 5.69 Å². The molecule has 0 amide bonds. The van der Waals surface area contributed by atoms with Gasteiger partial charge in [0.1, 0.15) is 12.4 Å². The number of benzene rings is 3. The van der Waals surface area contributed by atoms with Gasteiger partial charge in [0, 0.05) is 28.9 Å². The Morgan fingerprint density at radius 2 is 1.81 bits per heavy atom. The molecule has 0 atom stereocenters. The second kappa shape index (κ2) is 7.34. The first kappa shape index (κ1) is 16.9. The molecule has 0 saturated heterocycles. The molecule has 132 valence electrons. The molecule has 1 aliphatic heterocycles. The van der Waals surface area contributed by atoms with Crippen LogP contribution in [0.4, 0.5) is 17.1 Å². The average molecular weight is 362 g/mol. The lowest BCUT2D eigenvalue weighted by molar-refractivity contribution is 0.308. The van der Waals surface area contributed by atoms with Crippen LogP contribution in [0.25, 0.3) is 0 Å². The number of hydrogen-bond donors (Lipinski definition) is 1. The van der Waals surface area contributed by atoms with E-state index in [1.807, 2.05) is 18.2 Å². The van der Waals surface area contributed by atoms with Crippen LogP contribution in [0.5, 0.6) is 5.75 Å². The minimum atomic E-state index is 0.520. The number of nitrogens with two attached hydrogens (primary N) is 1. The molecular weight excluding hydrogens is 340 g/mol. The van der Waals surface area contributed by atoms with Gasteiger partial charge in [-0.3, -0.25) is 0 Å². The van der Waals surface area contributed by atoms with E-state index < -0.39 is 0 Å². The van der Waals surface area contributed by atoms with E-state index in [2.05, 4.69) is 59.7 Å². The van der Waals surface area contributed by atoms with Gasteiger partial charge in [-0.05, 0) is 54.1 Å². The van der Waals surface area contributed by atoms with Crippen LogP contribution >= 0.6 is 11.8 Å². The molecule has 0 bridgehead atoms. The number of hydrogen-bond acceptors (Lipinski definition) is 4. The number of thioether (sulfide) groups is 1. The minimum absolute atomic E-state index is 0.520. The van der Waals surface area contributed by atoms with Gasteiger partial charge in [-0.25, -0.2) is 0 Å². The van der Waals surface area contributed by atoms with Crippen molar-refractivity contribution in [2.75, 3.05) is 23.4 Å². The molecule has 2 N–H and O–H groups in total. The predicted molar refractivity (Wildman–Crippen MR) is 111 cm³/mol. The van der Waals surface area contributed by atoms with E-state index in [0.717, 1.165) is 24.3 Å². The summed E-state index contributed by atoms with van der Waals surface area (Å²) in [7, 11) is 0. The quantitative estimate of drug-likeness (QED) is 0.496. The molecule has 26 heavy (non-hydrogen) atoms. The van der Waals surface area contributed by atoms with E-state index in [1.54, 1.807) is 11.8 Å². The SMILES string of the molecule is CSc1ccc(N2CCc3cc(N)c(OCc4ccccc4)cc32)cc1. The summed E-state index contributed by atoms with van der Waals surface area (Å²) in [6.07, 6.45) is 3.10. The number of ether oxygens (including phenoxy) is 1. The maximum absolute atomic E-state index is 6.23. The highest BCUT2D eigenvalue weighted by atomic mass is 32.2. The van der Waals surface area contributed by atoms with Crippen molar-refractivity contribution < 1.29 is 4.74 Å². The Labute approximate surface area is 158 Å². The highest BCUT2D eigenvalue weighted by Crippen LogP contribution is 2.40. The molecule has 0 unspecified atom stereocenters. The molecule has 3 aromatic carbocycles. The fourth-order valence-electron chi connectivity index (χ4n) is 3.33. The zero-order valence-electron chi connectivity index (χ0n) is 14.8. The Morgan fingerprint density at radius 1 is 1.04 bits per heavy atom. The number of fused-ring (bicyclic) bond motifs is 1. The first-order chi connectivity index (χ1) is 12.7. The van der Waals surface area contributed by atoms with Gasteiger partial charge >= 0.3 is 0 Å². The van der Waals surface area contributed by atoms with Crippen molar-refractivity contribution in [1.29, 1.82) is 0 Å². The molecule has 3 nitrogen and oxygen atoms in total. The number of nitrogen functional groups attached to an aromatic ring is 1. The first-order valence-electron chi connectivity index (χ1n) is 8.75. The number of anilines is 3. The zero-order chi connectivity index (χ0) is 17.9. The van der Waals surface area contributed by atoms with Gasteiger partial charge < -0.3 is 15.4 Å². The fourth-order valence-corrected chi connectivity index (χ4v) is 3.74. The lowest BCUT2D eigenvalue weighted by Gasteiger charge is -2.21. The largest absolute Gasteiger partial charge is 0.487 e. The van der Waals surface area contributed by atoms with E-state index in [9.17, 15) is 0 Å². The van der Waals surface area contributed by atoms with Crippen molar-refractivity contribution in [1.82, 2.24) is 0 Å². The molecule has 0 aromatic heterocycles. The summed E-state index contributed by atoms with van der Waals surface area (Å²) in [5.41, 5.74) is 11.8. The summed E-state index contributed by atoms with van der Waals surface area (Å²) in [4.78, 5) is 3.62. The number of nitrogens with zero attached hydrogens (tertiary/aromatic N) is 1. The van der Waals surface area contributed by atoms with E-state index in [4.69, 9.17) is 10.5 Å². The summed E-state index contributed by atoms with van der Waals surface area (Å²) in [5, 5.41) is 0. The molecule has 4 rings (SSSR count). The van der Waals surface area contributed by atoms with E-state index in [0.29, 0.717) is 12.3 Å². The Bertz CT molecular complexity index is 894. The van der Waals surface area contributed by atoms with Crippen LogP contribution in [0.2, 0.25) is 0 Å². The molecule has 0 fully saturated rings. The molecule has 0 spiro atoms. The van der Waals surface area contributed by atoms with E-state index in [-0.39, 0.29) is 0 Å². The third-order valence-electron chi connectivity index (χ3n) is 4.73. The van der Waals surface area contributed by atoms with Crippen molar-refractivity contribution in [3.63, 3.8) is 0 Å². The van der Waals surface area contributed by atoms with E-state index >= 15 is 0 Å². The maximum Gasteiger partial charge on any atom is 0.144 e. The Hall–Kier alpha value is -2.59. The van der Waals surface area contributed by atoms with Crippen molar-refractivity contribution in [3.8, 4) is 5.75 Å². The first-order valence-corrected chi connectivity index (χ1v) is 9.98. The monoisotopic (exact) mass is 362 g/mol. The van der Waals surface area contributed by atoms with Gasteiger partial charge in [-0.2, -0.15) is 0 Å². The molecule has 4 heteroatoms. The molecule has 3 aromatic rings. The summed E-state index contributed by atoms with van der Waals surface area (Å²) in [6.45, 7) is 1.49. The zero-order valence-corrected chi connectivity index (χ0v) is 15.6. The smallest absolute Gasteiger partial charge is 0.144 e. The lowest BCUT2D eigenvalue weighted by Crippen LogP contribution is -2.13. The lowest BCUT2D eigenvalue weighted by atomic mass is 10.1. The summed E-state index contributed by atoms with van der Waals surface area (Å²) in [5.74, 6) is 0.750. The maximum atomic E-state index is 6.23. The average Bonchev–Trinajstić information content (AvgIpc) is 3.09. The van der Waals surface area contributed by atoms with E-state index in [1.165, 1.54) is 21.8 Å². The van der Waals surface area contributed by atoms with Crippen LogP contribution in [0.3, 0.4) is 0 Å². The van der Waals surface area contributed by atoms with Gasteiger partial charge in [-0.1, -0.05) is 30.3 Å². The van der Waals surface area contributed by atoms with Crippen molar-refractivity contribution in [2.45, 2.75) is 17.9 Å². The van der Waals surface area contributed by atoms with Crippen LogP contribution in [-0.4, -0.2) is 12.8 Å². The number of rotatable bonds is 5. The highest BCUT2D eigenvalue weighted by Gasteiger charge is 2.22. The van der Waals surface area contributed by atoms with Crippen LogP contribution in [0, 0.1) is 0 Å². The highest BCUT2D eigenvalue weighted by molar-refractivity contribution is 7.98. The molecule has 0 saturated carbocycles. The van der Waals surface area contributed by atoms with Crippen LogP contribution in [0.15, 0.2) is 71.6 Å². The van der Waals surface area contributed by atoms with Gasteiger partial charge in [-0.15, -0.1) is 11.8 Å². The van der Waals surface area contributed by atoms with Crippen molar-refractivity contribution >= 4 is 28.8 Å². The minimum Gasteiger partial charge on any atom is -0.487 e. The Balaban J connectivity index is 1.59.